The van der Waals surface area contributed by atoms with Crippen molar-refractivity contribution in [3.63, 3.8) is 0 Å². The van der Waals surface area contributed by atoms with Gasteiger partial charge in [-0.3, -0.25) is 0 Å². The minimum atomic E-state index is 0.103. The van der Waals surface area contributed by atoms with Crippen molar-refractivity contribution in [2.75, 3.05) is 0 Å². The fraction of sp³-hybridized carbons (Fsp3) is 0.667. The lowest BCUT2D eigenvalue weighted by Gasteiger charge is -2.13. The number of hydrogen-bond acceptors (Lipinski definition) is 3. The molecule has 2 aromatic heterocycles. The maximum atomic E-state index is 4.63. The Morgan fingerprint density at radius 1 is 1.38 bits per heavy atom. The third-order valence-corrected chi connectivity index (χ3v) is 3.38. The van der Waals surface area contributed by atoms with Crippen molar-refractivity contribution in [1.29, 1.82) is 0 Å². The van der Waals surface area contributed by atoms with Crippen LogP contribution in [-0.4, -0.2) is 14.6 Å². The molecule has 3 nitrogen and oxygen atoms in total. The minimum absolute atomic E-state index is 0.103. The molecule has 2 rings (SSSR count). The first-order chi connectivity index (χ1) is 7.36. The highest BCUT2D eigenvalue weighted by atomic mass is 32.1. The van der Waals surface area contributed by atoms with E-state index in [1.807, 2.05) is 4.52 Å². The van der Waals surface area contributed by atoms with Gasteiger partial charge >= 0.3 is 0 Å². The van der Waals surface area contributed by atoms with E-state index in [-0.39, 0.29) is 5.41 Å². The Balaban J connectivity index is 2.33. The molecule has 0 saturated heterocycles. The van der Waals surface area contributed by atoms with Crippen LogP contribution in [0.4, 0.5) is 0 Å². The van der Waals surface area contributed by atoms with E-state index >= 15 is 0 Å². The van der Waals surface area contributed by atoms with Crippen molar-refractivity contribution in [2.24, 2.45) is 5.92 Å². The Morgan fingerprint density at radius 2 is 2.06 bits per heavy atom. The molecule has 2 aromatic rings. The number of fused-ring (bicyclic) bond motifs is 1. The average Bonchev–Trinajstić information content (AvgIpc) is 2.57. The van der Waals surface area contributed by atoms with Gasteiger partial charge < -0.3 is 0 Å². The van der Waals surface area contributed by atoms with Crippen LogP contribution >= 0.6 is 11.3 Å². The molecule has 0 fully saturated rings. The Morgan fingerprint density at radius 3 is 2.56 bits per heavy atom. The van der Waals surface area contributed by atoms with Crippen molar-refractivity contribution < 1.29 is 0 Å². The summed E-state index contributed by atoms with van der Waals surface area (Å²) in [4.78, 5) is 5.65. The normalized spacial score (nSPS) is 12.9. The third kappa shape index (κ3) is 2.26. The summed E-state index contributed by atoms with van der Waals surface area (Å²) in [5.41, 5.74) is 1.22. The summed E-state index contributed by atoms with van der Waals surface area (Å²) in [6.45, 7) is 11.0. The fourth-order valence-electron chi connectivity index (χ4n) is 1.53. The van der Waals surface area contributed by atoms with Crippen LogP contribution in [0.15, 0.2) is 6.20 Å². The van der Waals surface area contributed by atoms with Crippen LogP contribution in [0, 0.1) is 5.92 Å². The molecule has 0 saturated carbocycles. The zero-order valence-corrected chi connectivity index (χ0v) is 11.4. The van der Waals surface area contributed by atoms with Gasteiger partial charge in [0.25, 0.3) is 0 Å². The van der Waals surface area contributed by atoms with Crippen molar-refractivity contribution >= 4 is 16.3 Å². The number of rotatable bonds is 2. The predicted molar refractivity (Wildman–Crippen MR) is 68.1 cm³/mol. The first-order valence-electron chi connectivity index (χ1n) is 5.72. The SMILES string of the molecule is CC(C)Cc1nn2cc(C(C)(C)C)nc2s1. The maximum absolute atomic E-state index is 4.63. The Labute approximate surface area is 101 Å². The highest BCUT2D eigenvalue weighted by molar-refractivity contribution is 7.16. The quantitative estimate of drug-likeness (QED) is 0.802. The predicted octanol–water partition coefficient (Wildman–Crippen LogP) is 3.29. The van der Waals surface area contributed by atoms with Crippen LogP contribution in [0.2, 0.25) is 0 Å². The Hall–Kier alpha value is -0.900. The van der Waals surface area contributed by atoms with Gasteiger partial charge in [-0.1, -0.05) is 46.0 Å². The third-order valence-electron chi connectivity index (χ3n) is 2.44. The molecule has 4 heteroatoms. The molecule has 88 valence electrons. The van der Waals surface area contributed by atoms with Crippen LogP contribution in [0.3, 0.4) is 0 Å². The second-order valence-electron chi connectivity index (χ2n) is 5.70. The molecule has 0 aliphatic rings. The summed E-state index contributed by atoms with van der Waals surface area (Å²) in [5, 5.41) is 5.74. The second-order valence-corrected chi connectivity index (χ2v) is 6.74. The van der Waals surface area contributed by atoms with E-state index in [9.17, 15) is 0 Å². The lowest BCUT2D eigenvalue weighted by Crippen LogP contribution is -2.11. The molecule has 0 radical (unpaired) electrons. The molecule has 0 bridgehead atoms. The highest BCUT2D eigenvalue weighted by Crippen LogP contribution is 2.24. The average molecular weight is 237 g/mol. The molecule has 0 aliphatic carbocycles. The molecule has 0 amide bonds. The molecule has 0 unspecified atom stereocenters. The van der Waals surface area contributed by atoms with Crippen LogP contribution in [0.25, 0.3) is 4.96 Å². The summed E-state index contributed by atoms with van der Waals surface area (Å²) in [5.74, 6) is 0.651. The van der Waals surface area contributed by atoms with E-state index < -0.39 is 0 Å². The Kier molecular flexibility index (Phi) is 2.78. The summed E-state index contributed by atoms with van der Waals surface area (Å²) in [6, 6.07) is 0. The lowest BCUT2D eigenvalue weighted by molar-refractivity contribution is 0.572. The first kappa shape index (κ1) is 11.6. The van der Waals surface area contributed by atoms with E-state index in [2.05, 4.69) is 50.9 Å². The summed E-state index contributed by atoms with van der Waals surface area (Å²) in [6.07, 6.45) is 3.09. The summed E-state index contributed by atoms with van der Waals surface area (Å²) < 4.78 is 1.92. The topological polar surface area (TPSA) is 30.2 Å². The smallest absolute Gasteiger partial charge is 0.212 e. The number of nitrogens with zero attached hydrogens (tertiary/aromatic N) is 3. The lowest BCUT2D eigenvalue weighted by atomic mass is 9.93. The van der Waals surface area contributed by atoms with E-state index in [1.54, 1.807) is 11.3 Å². The van der Waals surface area contributed by atoms with Crippen molar-refractivity contribution in [3.05, 3.63) is 16.9 Å². The number of hydrogen-bond donors (Lipinski definition) is 0. The fourth-order valence-corrected chi connectivity index (χ4v) is 2.62. The molecule has 2 heterocycles. The minimum Gasteiger partial charge on any atom is -0.222 e. The summed E-state index contributed by atoms with van der Waals surface area (Å²) in [7, 11) is 0. The zero-order chi connectivity index (χ0) is 11.9. The van der Waals surface area contributed by atoms with Gasteiger partial charge in [-0.25, -0.2) is 9.50 Å². The second kappa shape index (κ2) is 3.84. The molecule has 0 N–H and O–H groups in total. The van der Waals surface area contributed by atoms with Gasteiger partial charge in [-0.2, -0.15) is 5.10 Å². The molecular weight excluding hydrogens is 218 g/mol. The van der Waals surface area contributed by atoms with Crippen molar-refractivity contribution in [1.82, 2.24) is 14.6 Å². The number of aromatic nitrogens is 3. The van der Waals surface area contributed by atoms with E-state index in [0.717, 1.165) is 17.1 Å². The van der Waals surface area contributed by atoms with Crippen molar-refractivity contribution in [3.8, 4) is 0 Å². The number of imidazole rings is 1. The van der Waals surface area contributed by atoms with Crippen molar-refractivity contribution in [2.45, 2.75) is 46.5 Å². The zero-order valence-electron chi connectivity index (χ0n) is 10.6. The molecule has 16 heavy (non-hydrogen) atoms. The van der Waals surface area contributed by atoms with Gasteiger partial charge in [0.2, 0.25) is 4.96 Å². The summed E-state index contributed by atoms with van der Waals surface area (Å²) >= 11 is 1.70. The molecular formula is C12H19N3S. The van der Waals surface area contributed by atoms with Gasteiger partial charge in [-0.15, -0.1) is 0 Å². The van der Waals surface area contributed by atoms with Gasteiger partial charge in [0.1, 0.15) is 5.01 Å². The van der Waals surface area contributed by atoms with E-state index in [1.165, 1.54) is 5.01 Å². The molecule has 0 aromatic carbocycles. The molecule has 0 atom stereocenters. The largest absolute Gasteiger partial charge is 0.222 e. The highest BCUT2D eigenvalue weighted by Gasteiger charge is 2.19. The monoisotopic (exact) mass is 237 g/mol. The molecule has 0 aliphatic heterocycles. The van der Waals surface area contributed by atoms with Gasteiger partial charge in [0, 0.05) is 11.8 Å². The standard InChI is InChI=1S/C12H19N3S/c1-8(2)6-10-14-15-7-9(12(3,4)5)13-11(15)16-10/h7-8H,6H2,1-5H3. The Bertz CT molecular complexity index is 456. The van der Waals surface area contributed by atoms with Gasteiger partial charge in [0.15, 0.2) is 0 Å². The van der Waals surface area contributed by atoms with Gasteiger partial charge in [0.05, 0.1) is 11.9 Å². The molecule has 0 spiro atoms. The van der Waals surface area contributed by atoms with Gasteiger partial charge in [-0.05, 0) is 5.92 Å². The van der Waals surface area contributed by atoms with Crippen LogP contribution in [0.5, 0.6) is 0 Å². The van der Waals surface area contributed by atoms with E-state index in [0.29, 0.717) is 5.92 Å². The van der Waals surface area contributed by atoms with E-state index in [4.69, 9.17) is 0 Å². The van der Waals surface area contributed by atoms with Crippen LogP contribution < -0.4 is 0 Å². The van der Waals surface area contributed by atoms with Crippen LogP contribution in [0.1, 0.15) is 45.3 Å². The first-order valence-corrected chi connectivity index (χ1v) is 6.53. The van der Waals surface area contributed by atoms with Crippen LogP contribution in [-0.2, 0) is 11.8 Å². The maximum Gasteiger partial charge on any atom is 0.212 e.